The molecule has 1 N–H and O–H groups in total. The first-order valence-corrected chi connectivity index (χ1v) is 9.42. The topological polar surface area (TPSA) is 66.5 Å². The number of thiophene rings is 1. The number of hydrogen-bond donors (Lipinski definition) is 1. The van der Waals surface area contributed by atoms with Crippen LogP contribution in [0.25, 0.3) is 0 Å². The molecule has 1 heterocycles. The van der Waals surface area contributed by atoms with Gasteiger partial charge >= 0.3 is 0 Å². The van der Waals surface area contributed by atoms with Crippen LogP contribution in [0.5, 0.6) is 0 Å². The van der Waals surface area contributed by atoms with E-state index in [1.165, 1.54) is 17.0 Å². The molecule has 0 aliphatic heterocycles. The lowest BCUT2D eigenvalue weighted by molar-refractivity contribution is -0.117. The highest BCUT2D eigenvalue weighted by Gasteiger charge is 2.11. The summed E-state index contributed by atoms with van der Waals surface area (Å²) in [6, 6.07) is 10.3. The average Bonchev–Trinajstić information content (AvgIpc) is 2.90. The second-order valence-corrected chi connectivity index (χ2v) is 8.15. The van der Waals surface area contributed by atoms with E-state index in [2.05, 4.69) is 5.32 Å². The molecule has 0 aliphatic rings. The van der Waals surface area contributed by atoms with Crippen molar-refractivity contribution in [1.82, 2.24) is 4.90 Å². The number of nitrogens with one attached hydrogen (secondary N) is 1. The number of rotatable bonds is 6. The number of sulfone groups is 1. The molecule has 0 aliphatic carbocycles. The minimum Gasteiger partial charge on any atom is -0.325 e. The average molecular weight is 338 g/mol. The Balaban J connectivity index is 1.94. The molecular weight excluding hydrogens is 320 g/mol. The summed E-state index contributed by atoms with van der Waals surface area (Å²) in [6.45, 7) is 0.940. The number of amides is 1. The van der Waals surface area contributed by atoms with Crippen LogP contribution in [0.1, 0.15) is 4.88 Å². The van der Waals surface area contributed by atoms with Gasteiger partial charge in [0.05, 0.1) is 11.4 Å². The van der Waals surface area contributed by atoms with E-state index in [1.54, 1.807) is 23.5 Å². The zero-order chi connectivity index (χ0) is 16.2. The minimum absolute atomic E-state index is 0.176. The molecule has 5 nitrogen and oxygen atoms in total. The predicted octanol–water partition coefficient (Wildman–Crippen LogP) is 2.22. The first-order valence-electron chi connectivity index (χ1n) is 6.65. The Kier molecular flexibility index (Phi) is 5.33. The zero-order valence-corrected chi connectivity index (χ0v) is 14.1. The van der Waals surface area contributed by atoms with Gasteiger partial charge in [-0.2, -0.15) is 0 Å². The molecule has 0 spiro atoms. The van der Waals surface area contributed by atoms with E-state index in [4.69, 9.17) is 0 Å². The largest absolute Gasteiger partial charge is 0.325 e. The lowest BCUT2D eigenvalue weighted by atomic mass is 10.3. The molecule has 0 saturated carbocycles. The highest BCUT2D eigenvalue weighted by Crippen LogP contribution is 2.15. The lowest BCUT2D eigenvalue weighted by Gasteiger charge is -2.15. The normalized spacial score (nSPS) is 11.6. The Bertz CT molecular complexity index is 740. The summed E-state index contributed by atoms with van der Waals surface area (Å²) >= 11 is 1.65. The summed E-state index contributed by atoms with van der Waals surface area (Å²) in [5.41, 5.74) is 0.484. The second kappa shape index (κ2) is 7.04. The fraction of sp³-hybridized carbons (Fsp3) is 0.267. The number of anilines is 1. The molecule has 0 atom stereocenters. The standard InChI is InChI=1S/C15H18N2O3S2/c1-17(10-13-6-4-8-21-13)11-15(18)16-12-5-3-7-14(9-12)22(2,19)20/h3-9H,10-11H2,1-2H3,(H,16,18). The van der Waals surface area contributed by atoms with Gasteiger partial charge in [0.2, 0.25) is 5.91 Å². The van der Waals surface area contributed by atoms with Crippen LogP contribution in [-0.4, -0.2) is 39.1 Å². The van der Waals surface area contributed by atoms with Crippen molar-refractivity contribution in [2.24, 2.45) is 0 Å². The van der Waals surface area contributed by atoms with E-state index in [9.17, 15) is 13.2 Å². The summed E-state index contributed by atoms with van der Waals surface area (Å²) in [5.74, 6) is -0.176. The molecule has 0 radical (unpaired) electrons. The molecule has 1 aromatic heterocycles. The van der Waals surface area contributed by atoms with Gasteiger partial charge in [0.15, 0.2) is 9.84 Å². The number of carbonyl (C=O) groups excluding carboxylic acids is 1. The maximum atomic E-state index is 12.0. The van der Waals surface area contributed by atoms with Crippen molar-refractivity contribution >= 4 is 32.8 Å². The fourth-order valence-electron chi connectivity index (χ4n) is 1.97. The van der Waals surface area contributed by atoms with Crippen molar-refractivity contribution in [1.29, 1.82) is 0 Å². The highest BCUT2D eigenvalue weighted by molar-refractivity contribution is 7.90. The molecule has 2 rings (SSSR count). The number of likely N-dealkylation sites (N-methyl/N-ethyl adjacent to an activating group) is 1. The van der Waals surface area contributed by atoms with Gasteiger partial charge in [-0.15, -0.1) is 11.3 Å². The maximum Gasteiger partial charge on any atom is 0.238 e. The summed E-state index contributed by atoms with van der Waals surface area (Å²) in [5, 5.41) is 4.72. The lowest BCUT2D eigenvalue weighted by Crippen LogP contribution is -2.29. The van der Waals surface area contributed by atoms with Crippen LogP contribution in [0.2, 0.25) is 0 Å². The second-order valence-electron chi connectivity index (χ2n) is 5.10. The molecule has 1 aromatic carbocycles. The van der Waals surface area contributed by atoms with Gasteiger partial charge in [0.25, 0.3) is 0 Å². The smallest absolute Gasteiger partial charge is 0.238 e. The van der Waals surface area contributed by atoms with Crippen molar-refractivity contribution in [3.05, 3.63) is 46.7 Å². The van der Waals surface area contributed by atoms with Crippen molar-refractivity contribution in [2.45, 2.75) is 11.4 Å². The summed E-state index contributed by atoms with van der Waals surface area (Å²) < 4.78 is 23.0. The first kappa shape index (κ1) is 16.7. The van der Waals surface area contributed by atoms with Crippen molar-refractivity contribution in [2.75, 3.05) is 25.2 Å². The van der Waals surface area contributed by atoms with Crippen LogP contribution < -0.4 is 5.32 Å². The van der Waals surface area contributed by atoms with Gasteiger partial charge < -0.3 is 5.32 Å². The van der Waals surface area contributed by atoms with E-state index in [-0.39, 0.29) is 17.3 Å². The molecule has 22 heavy (non-hydrogen) atoms. The van der Waals surface area contributed by atoms with E-state index < -0.39 is 9.84 Å². The van der Waals surface area contributed by atoms with Crippen molar-refractivity contribution in [3.8, 4) is 0 Å². The zero-order valence-electron chi connectivity index (χ0n) is 12.4. The summed E-state index contributed by atoms with van der Waals surface area (Å²) in [7, 11) is -1.41. The number of nitrogens with zero attached hydrogens (tertiary/aromatic N) is 1. The van der Waals surface area contributed by atoms with Gasteiger partial charge in [0, 0.05) is 23.4 Å². The number of benzene rings is 1. The van der Waals surface area contributed by atoms with E-state index in [1.807, 2.05) is 29.5 Å². The maximum absolute atomic E-state index is 12.0. The molecule has 0 bridgehead atoms. The van der Waals surface area contributed by atoms with Crippen LogP contribution in [0.15, 0.2) is 46.7 Å². The first-order chi connectivity index (χ1) is 10.3. The summed E-state index contributed by atoms with van der Waals surface area (Å²) in [6.07, 6.45) is 1.14. The van der Waals surface area contributed by atoms with Gasteiger partial charge in [-0.25, -0.2) is 8.42 Å². The molecule has 0 unspecified atom stereocenters. The Hall–Kier alpha value is -1.70. The molecule has 7 heteroatoms. The van der Waals surface area contributed by atoms with E-state index in [0.29, 0.717) is 12.2 Å². The fourth-order valence-corrected chi connectivity index (χ4v) is 3.43. The molecule has 0 fully saturated rings. The molecule has 118 valence electrons. The van der Waals surface area contributed by atoms with Crippen LogP contribution in [0.4, 0.5) is 5.69 Å². The number of carbonyl (C=O) groups is 1. The summed E-state index contributed by atoms with van der Waals surface area (Å²) in [4.78, 5) is 15.3. The van der Waals surface area contributed by atoms with Gasteiger partial charge in [0.1, 0.15) is 0 Å². The Morgan fingerprint density at radius 2 is 2.05 bits per heavy atom. The van der Waals surface area contributed by atoms with Gasteiger partial charge in [-0.05, 0) is 36.7 Å². The third-order valence-electron chi connectivity index (χ3n) is 2.97. The molecule has 0 saturated heterocycles. The van der Waals surface area contributed by atoms with Crippen LogP contribution >= 0.6 is 11.3 Å². The third-order valence-corrected chi connectivity index (χ3v) is 4.94. The SMILES string of the molecule is CN(CC(=O)Nc1cccc(S(C)(=O)=O)c1)Cc1cccs1. The van der Waals surface area contributed by atoms with Crippen LogP contribution in [0, 0.1) is 0 Å². The van der Waals surface area contributed by atoms with Crippen molar-refractivity contribution < 1.29 is 13.2 Å². The van der Waals surface area contributed by atoms with Crippen LogP contribution in [0.3, 0.4) is 0 Å². The molecular formula is C15H18N2O3S2. The molecule has 2 aromatic rings. The monoisotopic (exact) mass is 338 g/mol. The Morgan fingerprint density at radius 1 is 1.27 bits per heavy atom. The van der Waals surface area contributed by atoms with Gasteiger partial charge in [-0.1, -0.05) is 12.1 Å². The molecule has 1 amide bonds. The van der Waals surface area contributed by atoms with E-state index >= 15 is 0 Å². The van der Waals surface area contributed by atoms with Crippen molar-refractivity contribution in [3.63, 3.8) is 0 Å². The van der Waals surface area contributed by atoms with E-state index in [0.717, 1.165) is 6.26 Å². The van der Waals surface area contributed by atoms with Crippen LogP contribution in [-0.2, 0) is 21.2 Å². The minimum atomic E-state index is -3.28. The number of hydrogen-bond acceptors (Lipinski definition) is 5. The predicted molar refractivity (Wildman–Crippen MR) is 88.8 cm³/mol. The third kappa shape index (κ3) is 4.94. The Labute approximate surface area is 134 Å². The van der Waals surface area contributed by atoms with Gasteiger partial charge in [-0.3, -0.25) is 9.69 Å². The Morgan fingerprint density at radius 3 is 2.68 bits per heavy atom. The quantitative estimate of drug-likeness (QED) is 0.877. The highest BCUT2D eigenvalue weighted by atomic mass is 32.2.